The number of halogens is 1. The molecule has 0 aliphatic carbocycles. The summed E-state index contributed by atoms with van der Waals surface area (Å²) in [7, 11) is -2.82. The summed E-state index contributed by atoms with van der Waals surface area (Å²) in [5.41, 5.74) is 0.750. The lowest BCUT2D eigenvalue weighted by atomic mass is 10.2. The zero-order valence-corrected chi connectivity index (χ0v) is 16.6. The molecule has 0 atom stereocenters. The molecule has 2 heterocycles. The zero-order valence-electron chi connectivity index (χ0n) is 15.0. The van der Waals surface area contributed by atoms with Gasteiger partial charge in [0.2, 0.25) is 5.95 Å². The van der Waals surface area contributed by atoms with Crippen LogP contribution in [0.25, 0.3) is 0 Å². The molecule has 1 aromatic heterocycles. The van der Waals surface area contributed by atoms with E-state index in [1.54, 1.807) is 23.4 Å². The quantitative estimate of drug-likeness (QED) is 0.658. The summed E-state index contributed by atoms with van der Waals surface area (Å²) in [6.07, 6.45) is 0. The van der Waals surface area contributed by atoms with E-state index in [2.05, 4.69) is 20.3 Å². The molecule has 0 spiro atoms. The molecule has 0 unspecified atom stereocenters. The average molecular weight is 428 g/mol. The van der Waals surface area contributed by atoms with Crippen LogP contribution in [0.3, 0.4) is 0 Å². The summed E-state index contributed by atoms with van der Waals surface area (Å²) in [5.74, 6) is 0.133. The van der Waals surface area contributed by atoms with Crippen LogP contribution in [0.15, 0.2) is 28.0 Å². The standard InChI is InChI=1S/C15H17FN6O4S2/c1-9-17-13(20-15(18-9)26-2)19-14(23)21-28(24,25)11-5-3-4-10-8-22(7-6-16)27-12(10)11/h3-5H,6-8H2,1-2H3,(H2,17,18,19,20,21,23). The number of methoxy groups -OCH3 is 1. The van der Waals surface area contributed by atoms with Gasteiger partial charge in [0.1, 0.15) is 17.4 Å². The molecular formula is C15H17FN6O4S2. The van der Waals surface area contributed by atoms with Crippen LogP contribution in [0.2, 0.25) is 0 Å². The second-order valence-corrected chi connectivity index (χ2v) is 8.40. The van der Waals surface area contributed by atoms with Gasteiger partial charge in [-0.05, 0) is 30.5 Å². The van der Waals surface area contributed by atoms with E-state index in [4.69, 9.17) is 4.74 Å². The summed E-state index contributed by atoms with van der Waals surface area (Å²) in [5, 5.41) is 2.24. The van der Waals surface area contributed by atoms with E-state index >= 15 is 0 Å². The molecule has 150 valence electrons. The van der Waals surface area contributed by atoms with Crippen LogP contribution < -0.4 is 14.8 Å². The Hall–Kier alpha value is -2.51. The third-order valence-electron chi connectivity index (χ3n) is 3.61. The Morgan fingerprint density at radius 1 is 1.36 bits per heavy atom. The SMILES string of the molecule is COc1nc(C)nc(NC(=O)NS(=O)(=O)c2cccc3c2SN(CCF)C3)n1. The number of fused-ring (bicyclic) bond motifs is 1. The molecule has 0 saturated carbocycles. The number of alkyl halides is 1. The van der Waals surface area contributed by atoms with Crippen LogP contribution in [0.1, 0.15) is 11.4 Å². The van der Waals surface area contributed by atoms with Gasteiger partial charge in [-0.1, -0.05) is 12.1 Å². The van der Waals surface area contributed by atoms with Crippen molar-refractivity contribution in [2.24, 2.45) is 0 Å². The van der Waals surface area contributed by atoms with Crippen LogP contribution in [0.4, 0.5) is 15.1 Å². The van der Waals surface area contributed by atoms with Gasteiger partial charge in [0.15, 0.2) is 0 Å². The molecule has 1 aromatic carbocycles. The second-order valence-electron chi connectivity index (χ2n) is 5.64. The van der Waals surface area contributed by atoms with Crippen molar-refractivity contribution < 1.29 is 22.3 Å². The molecular weight excluding hydrogens is 411 g/mol. The van der Waals surface area contributed by atoms with Crippen LogP contribution in [-0.4, -0.2) is 54.0 Å². The first-order valence-electron chi connectivity index (χ1n) is 8.03. The Bertz CT molecular complexity index is 1000. The molecule has 2 amide bonds. The van der Waals surface area contributed by atoms with Gasteiger partial charge in [-0.25, -0.2) is 26.6 Å². The monoisotopic (exact) mass is 428 g/mol. The molecule has 1 aliphatic rings. The number of urea groups is 1. The number of rotatable bonds is 6. The van der Waals surface area contributed by atoms with Crippen molar-refractivity contribution in [1.82, 2.24) is 24.0 Å². The minimum atomic E-state index is -4.17. The first-order valence-corrected chi connectivity index (χ1v) is 10.3. The van der Waals surface area contributed by atoms with Gasteiger partial charge in [0.25, 0.3) is 10.0 Å². The third-order valence-corrected chi connectivity index (χ3v) is 6.35. The van der Waals surface area contributed by atoms with E-state index in [1.807, 2.05) is 4.72 Å². The smallest absolute Gasteiger partial charge is 0.335 e. The maximum Gasteiger partial charge on any atom is 0.335 e. The zero-order chi connectivity index (χ0) is 20.3. The summed E-state index contributed by atoms with van der Waals surface area (Å²) in [6, 6.07) is 3.67. The number of aromatic nitrogens is 3. The second kappa shape index (κ2) is 8.24. The lowest BCUT2D eigenvalue weighted by molar-refractivity contribution is 0.256. The molecule has 1 aliphatic heterocycles. The van der Waals surface area contributed by atoms with Crippen LogP contribution >= 0.6 is 11.9 Å². The van der Waals surface area contributed by atoms with Gasteiger partial charge in [0, 0.05) is 18.0 Å². The maximum atomic E-state index is 12.7. The number of hydrogen-bond donors (Lipinski definition) is 2. The summed E-state index contributed by atoms with van der Waals surface area (Å²) >= 11 is 1.15. The van der Waals surface area contributed by atoms with Gasteiger partial charge < -0.3 is 4.74 Å². The van der Waals surface area contributed by atoms with Gasteiger partial charge >= 0.3 is 12.0 Å². The fourth-order valence-electron chi connectivity index (χ4n) is 2.48. The highest BCUT2D eigenvalue weighted by Crippen LogP contribution is 2.39. The first-order chi connectivity index (χ1) is 13.3. The molecule has 3 rings (SSSR count). The number of sulfonamides is 1. The fourth-order valence-corrected chi connectivity index (χ4v) is 4.99. The lowest BCUT2D eigenvalue weighted by Gasteiger charge is -2.12. The van der Waals surface area contributed by atoms with Crippen molar-refractivity contribution in [3.63, 3.8) is 0 Å². The molecule has 13 heteroatoms. The number of carbonyl (C=O) groups excluding carboxylic acids is 1. The highest BCUT2D eigenvalue weighted by Gasteiger charge is 2.29. The molecule has 0 bridgehead atoms. The van der Waals surface area contributed by atoms with E-state index in [9.17, 15) is 17.6 Å². The third kappa shape index (κ3) is 4.48. The number of carbonyl (C=O) groups is 1. The molecule has 0 fully saturated rings. The number of ether oxygens (including phenoxy) is 1. The van der Waals surface area contributed by atoms with Crippen LogP contribution in [0.5, 0.6) is 6.01 Å². The molecule has 2 N–H and O–H groups in total. The number of benzene rings is 1. The van der Waals surface area contributed by atoms with Crippen molar-refractivity contribution in [3.8, 4) is 6.01 Å². The summed E-state index contributed by atoms with van der Waals surface area (Å²) < 4.78 is 46.5. The molecule has 0 radical (unpaired) electrons. The molecule has 28 heavy (non-hydrogen) atoms. The minimum absolute atomic E-state index is 0.0177. The van der Waals surface area contributed by atoms with E-state index in [1.165, 1.54) is 13.2 Å². The van der Waals surface area contributed by atoms with Crippen molar-refractivity contribution in [2.45, 2.75) is 23.3 Å². The van der Waals surface area contributed by atoms with Gasteiger partial charge in [-0.3, -0.25) is 5.32 Å². The highest BCUT2D eigenvalue weighted by molar-refractivity contribution is 7.98. The van der Waals surface area contributed by atoms with Crippen molar-refractivity contribution in [3.05, 3.63) is 29.6 Å². The normalized spacial score (nSPS) is 13.8. The van der Waals surface area contributed by atoms with Crippen LogP contribution in [0, 0.1) is 6.92 Å². The number of anilines is 1. The number of nitrogens with zero attached hydrogens (tertiary/aromatic N) is 4. The van der Waals surface area contributed by atoms with E-state index in [0.29, 0.717) is 11.4 Å². The lowest BCUT2D eigenvalue weighted by Crippen LogP contribution is -2.35. The Labute approximate surface area is 165 Å². The Kier molecular flexibility index (Phi) is 5.96. The Balaban J connectivity index is 1.77. The fraction of sp³-hybridized carbons (Fsp3) is 0.333. The number of hydrogen-bond acceptors (Lipinski definition) is 9. The number of aryl methyl sites for hydroxylation is 1. The summed E-state index contributed by atoms with van der Waals surface area (Å²) in [4.78, 5) is 24.2. The summed E-state index contributed by atoms with van der Waals surface area (Å²) in [6.45, 7) is 1.62. The number of nitrogens with one attached hydrogen (secondary N) is 2. The van der Waals surface area contributed by atoms with E-state index < -0.39 is 22.7 Å². The largest absolute Gasteiger partial charge is 0.467 e. The average Bonchev–Trinajstić information content (AvgIpc) is 3.03. The van der Waals surface area contributed by atoms with Gasteiger partial charge in [-0.15, -0.1) is 0 Å². The van der Waals surface area contributed by atoms with Crippen molar-refractivity contribution in [2.75, 3.05) is 25.6 Å². The Morgan fingerprint density at radius 2 is 2.14 bits per heavy atom. The molecule has 10 nitrogen and oxygen atoms in total. The van der Waals surface area contributed by atoms with E-state index in [0.717, 1.165) is 17.5 Å². The van der Waals surface area contributed by atoms with Gasteiger partial charge in [0.05, 0.1) is 7.11 Å². The van der Waals surface area contributed by atoms with Gasteiger partial charge in [-0.2, -0.15) is 15.0 Å². The van der Waals surface area contributed by atoms with Crippen molar-refractivity contribution in [1.29, 1.82) is 0 Å². The highest BCUT2D eigenvalue weighted by atomic mass is 32.2. The maximum absolute atomic E-state index is 12.7. The predicted molar refractivity (Wildman–Crippen MR) is 99.1 cm³/mol. The number of amides is 2. The van der Waals surface area contributed by atoms with E-state index in [-0.39, 0.29) is 29.2 Å². The first kappa shape index (κ1) is 20.2. The predicted octanol–water partition coefficient (Wildman–Crippen LogP) is 1.49. The Morgan fingerprint density at radius 3 is 2.86 bits per heavy atom. The molecule has 0 saturated heterocycles. The minimum Gasteiger partial charge on any atom is -0.467 e. The molecule has 2 aromatic rings. The van der Waals surface area contributed by atoms with Crippen LogP contribution in [-0.2, 0) is 16.6 Å². The topological polar surface area (TPSA) is 126 Å². The van der Waals surface area contributed by atoms with Crippen molar-refractivity contribution >= 4 is 34.0 Å².